The Balaban J connectivity index is 1.78. The third kappa shape index (κ3) is 3.22. The number of carbonyl (C=O) groups excluding carboxylic acids is 1. The van der Waals surface area contributed by atoms with E-state index in [1.807, 2.05) is 73.8 Å². The number of para-hydroxylation sites is 1. The maximum absolute atomic E-state index is 13.6. The van der Waals surface area contributed by atoms with Crippen LogP contribution < -0.4 is 14.9 Å². The third-order valence-corrected chi connectivity index (χ3v) is 6.66. The summed E-state index contributed by atoms with van der Waals surface area (Å²) in [6.07, 6.45) is 4.34. The van der Waals surface area contributed by atoms with Crippen LogP contribution in [0, 0.1) is 0 Å². The first-order valence-corrected chi connectivity index (χ1v) is 11.2. The Morgan fingerprint density at radius 3 is 2.69 bits per heavy atom. The molecule has 0 unspecified atom stereocenters. The molecule has 4 aromatic rings. The number of fused-ring (bicyclic) bond motifs is 2. The summed E-state index contributed by atoms with van der Waals surface area (Å²) in [5, 5.41) is 1.04. The summed E-state index contributed by atoms with van der Waals surface area (Å²) < 4.78 is 7.27. The van der Waals surface area contributed by atoms with Crippen LogP contribution in [0.4, 0.5) is 0 Å². The molecule has 0 aliphatic carbocycles. The van der Waals surface area contributed by atoms with E-state index in [1.54, 1.807) is 4.57 Å². The zero-order valence-electron chi connectivity index (χ0n) is 17.7. The molecule has 0 saturated heterocycles. The number of nitrogens with one attached hydrogen (secondary N) is 1. The maximum Gasteiger partial charge on any atom is 0.338 e. The van der Waals surface area contributed by atoms with E-state index in [0.717, 1.165) is 22.0 Å². The Labute approximate surface area is 187 Å². The van der Waals surface area contributed by atoms with Crippen LogP contribution in [0.1, 0.15) is 30.5 Å². The molecule has 6 nitrogen and oxygen atoms in total. The lowest BCUT2D eigenvalue weighted by Crippen LogP contribution is -2.40. The van der Waals surface area contributed by atoms with Gasteiger partial charge in [-0.25, -0.2) is 9.79 Å². The molecule has 0 fully saturated rings. The van der Waals surface area contributed by atoms with Gasteiger partial charge in [-0.3, -0.25) is 9.36 Å². The normalized spacial score (nSPS) is 16.2. The Morgan fingerprint density at radius 2 is 1.94 bits per heavy atom. The molecule has 1 aliphatic heterocycles. The van der Waals surface area contributed by atoms with Gasteiger partial charge in [-0.05, 0) is 24.1 Å². The van der Waals surface area contributed by atoms with E-state index in [1.165, 1.54) is 18.4 Å². The number of aromatic amines is 1. The Hall–Kier alpha value is -3.71. The molecule has 3 heterocycles. The highest BCUT2D eigenvalue weighted by Crippen LogP contribution is 2.31. The zero-order chi connectivity index (χ0) is 22.2. The number of allylic oxidation sites excluding steroid dienone is 1. The van der Waals surface area contributed by atoms with Crippen molar-refractivity contribution in [1.29, 1.82) is 0 Å². The minimum Gasteiger partial charge on any atom is -0.466 e. The van der Waals surface area contributed by atoms with Crippen molar-refractivity contribution in [1.82, 2.24) is 9.55 Å². The number of rotatable bonds is 4. The number of hydrogen-bond donors (Lipinski definition) is 1. The highest BCUT2D eigenvalue weighted by atomic mass is 32.1. The predicted molar refractivity (Wildman–Crippen MR) is 125 cm³/mol. The largest absolute Gasteiger partial charge is 0.466 e. The van der Waals surface area contributed by atoms with Crippen molar-refractivity contribution in [3.8, 4) is 0 Å². The number of benzene rings is 2. The van der Waals surface area contributed by atoms with Crippen molar-refractivity contribution >= 4 is 34.3 Å². The molecule has 32 heavy (non-hydrogen) atoms. The number of methoxy groups -OCH3 is 1. The number of carbonyl (C=O) groups is 1. The number of hydrogen-bond acceptors (Lipinski definition) is 5. The second-order valence-electron chi connectivity index (χ2n) is 7.49. The molecule has 160 valence electrons. The topological polar surface area (TPSA) is 76.5 Å². The van der Waals surface area contributed by atoms with Gasteiger partial charge in [0.25, 0.3) is 5.56 Å². The minimum atomic E-state index is -0.583. The van der Waals surface area contributed by atoms with Gasteiger partial charge in [-0.1, -0.05) is 66.8 Å². The standard InChI is InChI=1S/C25H21N3O3S/c1-3-18-21(24(30)31-2)22(15-9-5-4-6-10-15)28-23(29)20(32-25(28)27-18)13-16-14-26-19-12-8-7-11-17(16)19/h4-14,22,26H,3H2,1-2H3/b20-13-/t22-/m0/s1. The van der Waals surface area contributed by atoms with Crippen LogP contribution in [0.25, 0.3) is 17.0 Å². The molecule has 1 atom stereocenters. The summed E-state index contributed by atoms with van der Waals surface area (Å²) >= 11 is 1.34. The fourth-order valence-electron chi connectivity index (χ4n) is 4.17. The summed E-state index contributed by atoms with van der Waals surface area (Å²) in [4.78, 5) is 34.9. The number of ether oxygens (including phenoxy) is 1. The smallest absolute Gasteiger partial charge is 0.338 e. The molecule has 1 aliphatic rings. The summed E-state index contributed by atoms with van der Waals surface area (Å²) in [7, 11) is 1.35. The summed E-state index contributed by atoms with van der Waals surface area (Å²) in [5.41, 5.74) is 3.66. The first-order chi connectivity index (χ1) is 15.6. The number of thiazole rings is 1. The fraction of sp³-hybridized carbons (Fsp3) is 0.160. The lowest BCUT2D eigenvalue weighted by molar-refractivity contribution is -0.136. The molecule has 0 amide bonds. The van der Waals surface area contributed by atoms with E-state index in [-0.39, 0.29) is 5.56 Å². The molecule has 2 aromatic heterocycles. The first kappa shape index (κ1) is 20.2. The zero-order valence-corrected chi connectivity index (χ0v) is 18.5. The average molecular weight is 444 g/mol. The van der Waals surface area contributed by atoms with Gasteiger partial charge < -0.3 is 9.72 Å². The molecular formula is C25H21N3O3S. The molecular weight excluding hydrogens is 422 g/mol. The number of aromatic nitrogens is 2. The van der Waals surface area contributed by atoms with Gasteiger partial charge in [0.2, 0.25) is 0 Å². The van der Waals surface area contributed by atoms with E-state index >= 15 is 0 Å². The second-order valence-corrected chi connectivity index (χ2v) is 8.50. The highest BCUT2D eigenvalue weighted by Gasteiger charge is 2.33. The summed E-state index contributed by atoms with van der Waals surface area (Å²) in [5.74, 6) is -0.467. The lowest BCUT2D eigenvalue weighted by atomic mass is 9.95. The number of H-pyrrole nitrogens is 1. The van der Waals surface area contributed by atoms with Crippen molar-refractivity contribution in [2.45, 2.75) is 19.4 Å². The van der Waals surface area contributed by atoms with Crippen LogP contribution >= 0.6 is 11.3 Å². The quantitative estimate of drug-likeness (QED) is 0.492. The fourth-order valence-corrected chi connectivity index (χ4v) is 5.18. The molecule has 0 radical (unpaired) electrons. The van der Waals surface area contributed by atoms with E-state index in [0.29, 0.717) is 27.0 Å². The predicted octanol–water partition coefficient (Wildman–Crippen LogP) is 3.28. The maximum atomic E-state index is 13.6. The van der Waals surface area contributed by atoms with Crippen molar-refractivity contribution in [2.24, 2.45) is 4.99 Å². The molecule has 0 saturated carbocycles. The van der Waals surface area contributed by atoms with Crippen LogP contribution in [0.15, 0.2) is 81.9 Å². The highest BCUT2D eigenvalue weighted by molar-refractivity contribution is 7.07. The molecule has 2 aromatic carbocycles. The van der Waals surface area contributed by atoms with Crippen LogP contribution in [-0.2, 0) is 9.53 Å². The van der Waals surface area contributed by atoms with E-state index in [9.17, 15) is 9.59 Å². The Kier molecular flexibility index (Phi) is 5.11. The van der Waals surface area contributed by atoms with Crippen molar-refractivity contribution < 1.29 is 9.53 Å². The minimum absolute atomic E-state index is 0.176. The molecule has 0 spiro atoms. The van der Waals surface area contributed by atoms with Crippen LogP contribution in [0.2, 0.25) is 0 Å². The average Bonchev–Trinajstić information content (AvgIpc) is 3.39. The van der Waals surface area contributed by atoms with Crippen molar-refractivity contribution in [3.05, 3.63) is 103 Å². The summed E-state index contributed by atoms with van der Waals surface area (Å²) in [6.45, 7) is 1.95. The van der Waals surface area contributed by atoms with Crippen molar-refractivity contribution in [2.75, 3.05) is 7.11 Å². The third-order valence-electron chi connectivity index (χ3n) is 5.67. The van der Waals surface area contributed by atoms with Crippen molar-refractivity contribution in [3.63, 3.8) is 0 Å². The van der Waals surface area contributed by atoms with Crippen LogP contribution in [0.5, 0.6) is 0 Å². The number of nitrogens with zero attached hydrogens (tertiary/aromatic N) is 2. The monoisotopic (exact) mass is 443 g/mol. The molecule has 1 N–H and O–H groups in total. The van der Waals surface area contributed by atoms with E-state index in [2.05, 4.69) is 4.98 Å². The first-order valence-electron chi connectivity index (χ1n) is 10.4. The van der Waals surface area contributed by atoms with Gasteiger partial charge in [0.05, 0.1) is 29.0 Å². The van der Waals surface area contributed by atoms with Gasteiger partial charge in [-0.15, -0.1) is 0 Å². The van der Waals surface area contributed by atoms with Crippen LogP contribution in [0.3, 0.4) is 0 Å². The SMILES string of the molecule is CCC1=C(C(=O)OC)[C@H](c2ccccc2)n2c(s/c(=C\c3c[nH]c4ccccc34)c2=O)=N1. The summed E-state index contributed by atoms with van der Waals surface area (Å²) in [6, 6.07) is 16.9. The Bertz CT molecular complexity index is 1540. The molecule has 5 rings (SSSR count). The van der Waals surface area contributed by atoms with Gasteiger partial charge in [0.15, 0.2) is 4.80 Å². The van der Waals surface area contributed by atoms with Gasteiger partial charge in [0.1, 0.15) is 0 Å². The number of esters is 1. The molecule has 0 bridgehead atoms. The lowest BCUT2D eigenvalue weighted by Gasteiger charge is -2.25. The van der Waals surface area contributed by atoms with E-state index < -0.39 is 12.0 Å². The van der Waals surface area contributed by atoms with Gasteiger partial charge in [-0.2, -0.15) is 0 Å². The van der Waals surface area contributed by atoms with Gasteiger partial charge >= 0.3 is 5.97 Å². The molecule has 7 heteroatoms. The Morgan fingerprint density at radius 1 is 1.19 bits per heavy atom. The van der Waals surface area contributed by atoms with E-state index in [4.69, 9.17) is 9.73 Å². The second kappa shape index (κ2) is 8.09. The van der Waals surface area contributed by atoms with Crippen LogP contribution in [-0.4, -0.2) is 22.6 Å². The van der Waals surface area contributed by atoms with Gasteiger partial charge in [0, 0.05) is 22.7 Å².